The summed E-state index contributed by atoms with van der Waals surface area (Å²) in [5.41, 5.74) is 0.803. The Kier molecular flexibility index (Phi) is 5.50. The number of rotatable bonds is 7. The lowest BCUT2D eigenvalue weighted by molar-refractivity contribution is -0.117. The Morgan fingerprint density at radius 3 is 2.77 bits per heavy atom. The Morgan fingerprint density at radius 2 is 2.08 bits per heavy atom. The quantitative estimate of drug-likeness (QED) is 0.817. The van der Waals surface area contributed by atoms with Gasteiger partial charge in [0.15, 0.2) is 0 Å². The lowest BCUT2D eigenvalue weighted by Crippen LogP contribution is -2.24. The van der Waals surface area contributed by atoms with Crippen molar-refractivity contribution in [2.45, 2.75) is 39.0 Å². The number of carbonyl (C=O) groups excluding carboxylic acids is 2. The maximum Gasteiger partial charge on any atom is 0.322 e. The fourth-order valence-electron chi connectivity index (χ4n) is 2.87. The number of hydrogen-bond donors (Lipinski definition) is 1. The van der Waals surface area contributed by atoms with Gasteiger partial charge in [-0.1, -0.05) is 12.0 Å². The van der Waals surface area contributed by atoms with E-state index in [9.17, 15) is 9.59 Å². The molecule has 0 bridgehead atoms. The molecule has 2 aromatic rings. The Labute approximate surface area is 151 Å². The average Bonchev–Trinajstić information content (AvgIpc) is 3.23. The molecule has 0 saturated carbocycles. The molecular formula is C18H22N4O4. The molecule has 1 unspecified atom stereocenters. The second kappa shape index (κ2) is 7.99. The summed E-state index contributed by atoms with van der Waals surface area (Å²) < 4.78 is 10.9. The van der Waals surface area contributed by atoms with Crippen LogP contribution in [0.1, 0.15) is 44.9 Å². The van der Waals surface area contributed by atoms with E-state index in [1.54, 1.807) is 4.90 Å². The van der Waals surface area contributed by atoms with Gasteiger partial charge >= 0.3 is 6.01 Å². The van der Waals surface area contributed by atoms with E-state index in [1.165, 1.54) is 0 Å². The van der Waals surface area contributed by atoms with Crippen molar-refractivity contribution in [1.82, 2.24) is 10.2 Å². The monoisotopic (exact) mass is 358 g/mol. The van der Waals surface area contributed by atoms with Crippen LogP contribution in [0, 0.1) is 0 Å². The van der Waals surface area contributed by atoms with Crippen LogP contribution in [0.3, 0.4) is 0 Å². The molecule has 8 heteroatoms. The first kappa shape index (κ1) is 17.9. The molecule has 1 aromatic carbocycles. The molecule has 2 amide bonds. The maximum absolute atomic E-state index is 12.4. The molecule has 26 heavy (non-hydrogen) atoms. The first-order valence-electron chi connectivity index (χ1n) is 8.77. The Balaban J connectivity index is 1.66. The van der Waals surface area contributed by atoms with Crippen molar-refractivity contribution < 1.29 is 18.7 Å². The first-order chi connectivity index (χ1) is 12.6. The lowest BCUT2D eigenvalue weighted by atomic mass is 10.1. The number of carbonyl (C=O) groups is 2. The molecule has 8 nitrogen and oxygen atoms in total. The summed E-state index contributed by atoms with van der Waals surface area (Å²) in [5.74, 6) is 0.760. The smallest absolute Gasteiger partial charge is 0.322 e. The molecule has 0 spiro atoms. The van der Waals surface area contributed by atoms with Crippen molar-refractivity contribution in [2.24, 2.45) is 0 Å². The van der Waals surface area contributed by atoms with Gasteiger partial charge in [0.2, 0.25) is 17.7 Å². The summed E-state index contributed by atoms with van der Waals surface area (Å²) >= 11 is 0. The number of nitrogens with zero attached hydrogens (tertiary/aromatic N) is 3. The zero-order chi connectivity index (χ0) is 18.5. The molecule has 1 atom stereocenters. The molecule has 0 aliphatic carbocycles. The van der Waals surface area contributed by atoms with Crippen LogP contribution in [0.5, 0.6) is 5.75 Å². The fourth-order valence-corrected chi connectivity index (χ4v) is 2.87. The molecule has 2 heterocycles. The predicted octanol–water partition coefficient (Wildman–Crippen LogP) is 2.73. The summed E-state index contributed by atoms with van der Waals surface area (Å²) in [5, 5.41) is 10.4. The van der Waals surface area contributed by atoms with Crippen molar-refractivity contribution in [2.75, 3.05) is 23.4 Å². The van der Waals surface area contributed by atoms with E-state index in [-0.39, 0.29) is 30.2 Å². The van der Waals surface area contributed by atoms with E-state index in [4.69, 9.17) is 9.15 Å². The molecule has 1 aliphatic heterocycles. The number of amides is 2. The summed E-state index contributed by atoms with van der Waals surface area (Å²) in [6, 6.07) is 7.47. The van der Waals surface area contributed by atoms with Crippen LogP contribution >= 0.6 is 0 Å². The highest BCUT2D eigenvalue weighted by Gasteiger charge is 2.35. The summed E-state index contributed by atoms with van der Waals surface area (Å²) in [7, 11) is 0. The summed E-state index contributed by atoms with van der Waals surface area (Å²) in [6.45, 7) is 4.89. The number of aromatic nitrogens is 2. The molecule has 138 valence electrons. The highest BCUT2D eigenvalue weighted by molar-refractivity contribution is 5.96. The largest absolute Gasteiger partial charge is 0.494 e. The fraction of sp³-hybridized carbons (Fsp3) is 0.444. The highest BCUT2D eigenvalue weighted by Crippen LogP contribution is 2.32. The van der Waals surface area contributed by atoms with E-state index in [0.717, 1.165) is 17.9 Å². The highest BCUT2D eigenvalue weighted by atomic mass is 16.5. The van der Waals surface area contributed by atoms with E-state index in [2.05, 4.69) is 15.5 Å². The first-order valence-corrected chi connectivity index (χ1v) is 8.77. The van der Waals surface area contributed by atoms with Gasteiger partial charge in [-0.3, -0.25) is 14.9 Å². The third kappa shape index (κ3) is 4.01. The molecule has 1 aromatic heterocycles. The van der Waals surface area contributed by atoms with Crippen molar-refractivity contribution in [3.05, 3.63) is 30.2 Å². The lowest BCUT2D eigenvalue weighted by Gasteiger charge is -2.16. The molecule has 1 aliphatic rings. The molecule has 0 radical (unpaired) electrons. The Morgan fingerprint density at radius 1 is 1.31 bits per heavy atom. The third-order valence-corrected chi connectivity index (χ3v) is 4.10. The van der Waals surface area contributed by atoms with Crippen LogP contribution in [0.15, 0.2) is 28.7 Å². The van der Waals surface area contributed by atoms with Crippen molar-refractivity contribution in [1.29, 1.82) is 0 Å². The van der Waals surface area contributed by atoms with Crippen LogP contribution in [0.2, 0.25) is 0 Å². The minimum absolute atomic E-state index is 0.00562. The van der Waals surface area contributed by atoms with Crippen molar-refractivity contribution in [3.8, 4) is 5.75 Å². The number of nitrogens with one attached hydrogen (secondary N) is 1. The van der Waals surface area contributed by atoms with Crippen LogP contribution in [0.25, 0.3) is 0 Å². The van der Waals surface area contributed by atoms with E-state index < -0.39 is 0 Å². The second-order valence-corrected chi connectivity index (χ2v) is 6.08. The van der Waals surface area contributed by atoms with Crippen molar-refractivity contribution >= 4 is 23.5 Å². The van der Waals surface area contributed by atoms with Crippen LogP contribution in [-0.2, 0) is 9.59 Å². The minimum Gasteiger partial charge on any atom is -0.494 e. The van der Waals surface area contributed by atoms with Gasteiger partial charge in [0, 0.05) is 25.1 Å². The van der Waals surface area contributed by atoms with Gasteiger partial charge in [-0.05, 0) is 37.6 Å². The van der Waals surface area contributed by atoms with Crippen LogP contribution in [-0.4, -0.2) is 35.2 Å². The van der Waals surface area contributed by atoms with Gasteiger partial charge in [0.05, 0.1) is 12.5 Å². The molecule has 1 saturated heterocycles. The molecular weight excluding hydrogens is 336 g/mol. The Hall–Kier alpha value is -2.90. The van der Waals surface area contributed by atoms with E-state index >= 15 is 0 Å². The van der Waals surface area contributed by atoms with Gasteiger partial charge in [-0.15, -0.1) is 5.10 Å². The minimum atomic E-state index is -0.196. The molecule has 1 N–H and O–H groups in total. The molecule has 1 fully saturated rings. The van der Waals surface area contributed by atoms with Gasteiger partial charge in [0.1, 0.15) is 5.75 Å². The normalized spacial score (nSPS) is 16.8. The second-order valence-electron chi connectivity index (χ2n) is 6.08. The van der Waals surface area contributed by atoms with E-state index in [1.807, 2.05) is 38.1 Å². The van der Waals surface area contributed by atoms with Gasteiger partial charge in [-0.25, -0.2) is 0 Å². The Bertz CT molecular complexity index is 772. The van der Waals surface area contributed by atoms with Crippen LogP contribution in [0.4, 0.5) is 11.7 Å². The van der Waals surface area contributed by atoms with Gasteiger partial charge in [0.25, 0.3) is 0 Å². The maximum atomic E-state index is 12.4. The summed E-state index contributed by atoms with van der Waals surface area (Å²) in [4.78, 5) is 25.7. The standard InChI is InChI=1S/C18H22N4O4/c1-3-5-15(23)19-18-21-20-17(26-18)12-10-16(24)22(11-12)13-6-8-14(9-7-13)25-4-2/h6-9,12H,3-5,10-11H2,1-2H3,(H,19,21,23). The number of anilines is 2. The van der Waals surface area contributed by atoms with E-state index in [0.29, 0.717) is 25.5 Å². The predicted molar refractivity (Wildman–Crippen MR) is 95.2 cm³/mol. The zero-order valence-electron chi connectivity index (χ0n) is 14.9. The van der Waals surface area contributed by atoms with Gasteiger partial charge < -0.3 is 14.1 Å². The number of ether oxygens (including phenoxy) is 1. The summed E-state index contributed by atoms with van der Waals surface area (Å²) in [6.07, 6.45) is 1.42. The van der Waals surface area contributed by atoms with Crippen LogP contribution < -0.4 is 15.0 Å². The number of benzene rings is 1. The van der Waals surface area contributed by atoms with Gasteiger partial charge in [-0.2, -0.15) is 0 Å². The zero-order valence-corrected chi connectivity index (χ0v) is 14.9. The molecule has 3 rings (SSSR count). The topological polar surface area (TPSA) is 97.6 Å². The SMILES string of the molecule is CCCC(=O)Nc1nnc(C2CC(=O)N(c3ccc(OCC)cc3)C2)o1. The van der Waals surface area contributed by atoms with Crippen molar-refractivity contribution in [3.63, 3.8) is 0 Å². The number of hydrogen-bond acceptors (Lipinski definition) is 6. The third-order valence-electron chi connectivity index (χ3n) is 4.10. The average molecular weight is 358 g/mol.